The third kappa shape index (κ3) is 2.99. The van der Waals surface area contributed by atoms with Crippen molar-refractivity contribution in [2.24, 2.45) is 0 Å². The summed E-state index contributed by atoms with van der Waals surface area (Å²) in [6.45, 7) is 0.257. The minimum atomic E-state index is -0.422. The van der Waals surface area contributed by atoms with Gasteiger partial charge in [0.1, 0.15) is 24.5 Å². The van der Waals surface area contributed by atoms with Crippen molar-refractivity contribution < 1.29 is 10.2 Å². The Morgan fingerprint density at radius 1 is 1.03 bits per heavy atom. The topological polar surface area (TPSA) is 172 Å². The van der Waals surface area contributed by atoms with E-state index in [0.29, 0.717) is 16.7 Å². The fourth-order valence-electron chi connectivity index (χ4n) is 2.89. The highest BCUT2D eigenvalue weighted by Gasteiger charge is 2.12. The van der Waals surface area contributed by atoms with E-state index in [2.05, 4.69) is 40.8 Å². The first-order chi connectivity index (χ1) is 14.6. The van der Waals surface area contributed by atoms with E-state index in [1.165, 1.54) is 35.8 Å². The monoisotopic (exact) mass is 406 g/mol. The Bertz CT molecular complexity index is 1440. The Labute approximate surface area is 166 Å². The number of nitrogens with zero attached hydrogens (tertiary/aromatic N) is 7. The Morgan fingerprint density at radius 3 is 2.73 bits per heavy atom. The average Bonchev–Trinajstić information content (AvgIpc) is 3.34. The van der Waals surface area contributed by atoms with Crippen LogP contribution in [0.15, 0.2) is 48.2 Å². The number of benzene rings is 1. The number of aromatic hydroxyl groups is 2. The van der Waals surface area contributed by atoms with E-state index < -0.39 is 5.56 Å². The fraction of sp³-hybridized carbons (Fsp3) is 0.0588. The number of rotatable bonds is 5. The van der Waals surface area contributed by atoms with Crippen LogP contribution < -0.4 is 16.4 Å². The van der Waals surface area contributed by atoms with E-state index in [1.807, 2.05) is 0 Å². The molecule has 0 bridgehead atoms. The molecule has 150 valence electrons. The zero-order valence-corrected chi connectivity index (χ0v) is 15.2. The van der Waals surface area contributed by atoms with Crippen molar-refractivity contribution >= 4 is 28.3 Å². The van der Waals surface area contributed by atoms with Gasteiger partial charge in [-0.3, -0.25) is 9.78 Å². The third-order valence-corrected chi connectivity index (χ3v) is 4.34. The molecule has 5 rings (SSSR count). The van der Waals surface area contributed by atoms with Gasteiger partial charge in [-0.15, -0.1) is 0 Å². The molecule has 4 heterocycles. The van der Waals surface area contributed by atoms with Crippen molar-refractivity contribution in [1.82, 2.24) is 39.3 Å². The number of hydrogen-bond donors (Lipinski definition) is 5. The van der Waals surface area contributed by atoms with Gasteiger partial charge in [0.2, 0.25) is 5.95 Å². The van der Waals surface area contributed by atoms with E-state index in [1.54, 1.807) is 16.9 Å². The molecule has 0 spiro atoms. The number of fused-ring (bicyclic) bond motifs is 2. The second-order valence-electron chi connectivity index (χ2n) is 6.32. The number of H-pyrrole nitrogens is 1. The Morgan fingerprint density at radius 2 is 1.87 bits per heavy atom. The van der Waals surface area contributed by atoms with Gasteiger partial charge in [-0.1, -0.05) is 6.07 Å². The lowest BCUT2D eigenvalue weighted by atomic mass is 10.2. The Hall–Kier alpha value is -4.68. The van der Waals surface area contributed by atoms with E-state index in [-0.39, 0.29) is 35.2 Å². The van der Waals surface area contributed by atoms with Crippen LogP contribution in [-0.2, 0) is 6.54 Å². The lowest BCUT2D eigenvalue weighted by Gasteiger charge is -2.10. The van der Waals surface area contributed by atoms with Gasteiger partial charge in [0.15, 0.2) is 28.3 Å². The number of aromatic amines is 1. The van der Waals surface area contributed by atoms with Gasteiger partial charge >= 0.3 is 0 Å². The number of phenols is 2. The molecule has 0 radical (unpaired) electrons. The molecule has 0 saturated carbocycles. The van der Waals surface area contributed by atoms with Crippen molar-refractivity contribution in [2.45, 2.75) is 6.54 Å². The molecule has 0 atom stereocenters. The highest BCUT2D eigenvalue weighted by Crippen LogP contribution is 2.25. The van der Waals surface area contributed by atoms with Crippen LogP contribution in [-0.4, -0.2) is 49.5 Å². The molecule has 0 aliphatic heterocycles. The van der Waals surface area contributed by atoms with E-state index in [4.69, 9.17) is 0 Å². The standard InChI is InChI=1S/C17H14N10O3/c28-11-2-1-9(3-12(11)29)4-19-17-23-15-13(16(30)24-17)22-8-27(15)25-26-7-21-10-5-18-6-20-14(10)26/h1-3,5-8,25,28-29H,4H2,(H2,19,23,24,30). The highest BCUT2D eigenvalue weighted by molar-refractivity contribution is 5.72. The van der Waals surface area contributed by atoms with Crippen molar-refractivity contribution in [1.29, 1.82) is 0 Å². The van der Waals surface area contributed by atoms with Gasteiger partial charge in [0.25, 0.3) is 5.56 Å². The minimum Gasteiger partial charge on any atom is -0.504 e. The predicted molar refractivity (Wildman–Crippen MR) is 105 cm³/mol. The van der Waals surface area contributed by atoms with Crippen molar-refractivity contribution in [3.05, 3.63) is 59.3 Å². The van der Waals surface area contributed by atoms with Gasteiger partial charge in [-0.2, -0.15) is 4.98 Å². The molecular weight excluding hydrogens is 392 g/mol. The first-order valence-corrected chi connectivity index (χ1v) is 8.71. The molecule has 13 nitrogen and oxygen atoms in total. The second kappa shape index (κ2) is 6.73. The van der Waals surface area contributed by atoms with Crippen LogP contribution in [0.25, 0.3) is 22.3 Å². The summed E-state index contributed by atoms with van der Waals surface area (Å²) in [5.41, 5.74) is 4.84. The summed E-state index contributed by atoms with van der Waals surface area (Å²) in [7, 11) is 0. The molecule has 0 saturated heterocycles. The van der Waals surface area contributed by atoms with Crippen molar-refractivity contribution in [2.75, 3.05) is 10.9 Å². The summed E-state index contributed by atoms with van der Waals surface area (Å²) in [6, 6.07) is 4.43. The number of aromatic nitrogens is 8. The largest absolute Gasteiger partial charge is 0.504 e. The molecule has 13 heteroatoms. The number of imidazole rings is 2. The van der Waals surface area contributed by atoms with Gasteiger partial charge in [0, 0.05) is 6.54 Å². The van der Waals surface area contributed by atoms with Crippen LogP contribution in [0, 0.1) is 0 Å². The average molecular weight is 406 g/mol. The lowest BCUT2D eigenvalue weighted by molar-refractivity contribution is 0.403. The van der Waals surface area contributed by atoms with Gasteiger partial charge < -0.3 is 15.5 Å². The number of hydrogen-bond acceptors (Lipinski definition) is 10. The van der Waals surface area contributed by atoms with Gasteiger partial charge in [0.05, 0.1) is 6.20 Å². The van der Waals surface area contributed by atoms with E-state index >= 15 is 0 Å². The number of nitrogens with one attached hydrogen (secondary N) is 3. The second-order valence-corrected chi connectivity index (χ2v) is 6.32. The minimum absolute atomic E-state index is 0.148. The molecule has 0 aliphatic rings. The molecule has 30 heavy (non-hydrogen) atoms. The maximum Gasteiger partial charge on any atom is 0.280 e. The fourth-order valence-corrected chi connectivity index (χ4v) is 2.89. The molecule has 0 fully saturated rings. The molecule has 1 aromatic carbocycles. The SMILES string of the molecule is O=c1[nH]c(NCc2ccc(O)c(O)c2)nc2c1ncn2Nn1cnc2cncnc21. The van der Waals surface area contributed by atoms with Crippen molar-refractivity contribution in [3.8, 4) is 11.5 Å². The lowest BCUT2D eigenvalue weighted by Crippen LogP contribution is -2.21. The summed E-state index contributed by atoms with van der Waals surface area (Å²) in [5.74, 6) is -0.231. The summed E-state index contributed by atoms with van der Waals surface area (Å²) in [5, 5.41) is 22.0. The van der Waals surface area contributed by atoms with Crippen LogP contribution in [0.4, 0.5) is 5.95 Å². The molecule has 5 N–H and O–H groups in total. The third-order valence-electron chi connectivity index (χ3n) is 4.34. The van der Waals surface area contributed by atoms with Crippen LogP contribution in [0.1, 0.15) is 5.56 Å². The first kappa shape index (κ1) is 17.4. The van der Waals surface area contributed by atoms with Crippen molar-refractivity contribution in [3.63, 3.8) is 0 Å². The normalized spacial score (nSPS) is 11.2. The predicted octanol–water partition coefficient (Wildman–Crippen LogP) is 0.289. The maximum absolute atomic E-state index is 12.4. The first-order valence-electron chi connectivity index (χ1n) is 8.71. The van der Waals surface area contributed by atoms with E-state index in [0.717, 1.165) is 0 Å². The summed E-state index contributed by atoms with van der Waals surface area (Å²) in [6.07, 6.45) is 5.93. The smallest absolute Gasteiger partial charge is 0.280 e. The van der Waals surface area contributed by atoms with Crippen LogP contribution in [0.5, 0.6) is 11.5 Å². The molecule has 5 aromatic rings. The molecular formula is C17H14N10O3. The zero-order chi connectivity index (χ0) is 20.7. The summed E-state index contributed by atoms with van der Waals surface area (Å²) >= 11 is 0. The summed E-state index contributed by atoms with van der Waals surface area (Å²) in [4.78, 5) is 35.8. The van der Waals surface area contributed by atoms with E-state index in [9.17, 15) is 15.0 Å². The van der Waals surface area contributed by atoms with Crippen LogP contribution in [0.2, 0.25) is 0 Å². The molecule has 0 unspecified atom stereocenters. The zero-order valence-electron chi connectivity index (χ0n) is 15.2. The number of anilines is 1. The maximum atomic E-state index is 12.4. The summed E-state index contributed by atoms with van der Waals surface area (Å²) < 4.78 is 3.01. The quantitative estimate of drug-likeness (QED) is 0.255. The molecule has 4 aromatic heterocycles. The van der Waals surface area contributed by atoms with Gasteiger partial charge in [-0.05, 0) is 17.7 Å². The Balaban J connectivity index is 1.45. The Kier molecular flexibility index (Phi) is 3.91. The number of phenolic OH excluding ortho intramolecular Hbond substituents is 2. The van der Waals surface area contributed by atoms with Crippen LogP contribution in [0.3, 0.4) is 0 Å². The molecule has 0 aliphatic carbocycles. The molecule has 0 amide bonds. The van der Waals surface area contributed by atoms with Gasteiger partial charge in [-0.25, -0.2) is 34.8 Å². The van der Waals surface area contributed by atoms with Crippen LogP contribution >= 0.6 is 0 Å². The highest BCUT2D eigenvalue weighted by atomic mass is 16.3.